The van der Waals surface area contributed by atoms with Gasteiger partial charge >= 0.3 is 0 Å². The summed E-state index contributed by atoms with van der Waals surface area (Å²) in [6.07, 6.45) is 4.91. The van der Waals surface area contributed by atoms with Crippen molar-refractivity contribution in [1.29, 1.82) is 0 Å². The van der Waals surface area contributed by atoms with Gasteiger partial charge in [-0.05, 0) is 44.2 Å². The molecule has 1 atom stereocenters. The highest BCUT2D eigenvalue weighted by atomic mass is 16.2. The number of piperidine rings is 1. The van der Waals surface area contributed by atoms with E-state index in [2.05, 4.69) is 45.4 Å². The molecular weight excluding hydrogens is 376 g/mol. The smallest absolute Gasteiger partial charge is 0.225 e. The summed E-state index contributed by atoms with van der Waals surface area (Å²) in [7, 11) is 0. The van der Waals surface area contributed by atoms with E-state index in [0.717, 1.165) is 84.5 Å². The van der Waals surface area contributed by atoms with E-state index in [4.69, 9.17) is 0 Å². The minimum Gasteiger partial charge on any atom is -0.356 e. The Bertz CT molecular complexity index is 698. The van der Waals surface area contributed by atoms with Crippen LogP contribution in [0.4, 0.5) is 0 Å². The fourth-order valence-electron chi connectivity index (χ4n) is 4.65. The van der Waals surface area contributed by atoms with Crippen LogP contribution in [0.25, 0.3) is 0 Å². The zero-order valence-electron chi connectivity index (χ0n) is 18.1. The summed E-state index contributed by atoms with van der Waals surface area (Å²) in [5, 5.41) is 3.12. The van der Waals surface area contributed by atoms with Gasteiger partial charge in [0, 0.05) is 58.3 Å². The van der Waals surface area contributed by atoms with E-state index < -0.39 is 0 Å². The summed E-state index contributed by atoms with van der Waals surface area (Å²) >= 11 is 0. The van der Waals surface area contributed by atoms with Crippen LogP contribution in [-0.4, -0.2) is 78.9 Å². The molecule has 2 saturated heterocycles. The van der Waals surface area contributed by atoms with Crippen LogP contribution in [0, 0.1) is 11.8 Å². The molecule has 2 heterocycles. The number of amides is 2. The molecule has 30 heavy (non-hydrogen) atoms. The molecule has 164 valence electrons. The molecule has 1 aromatic carbocycles. The van der Waals surface area contributed by atoms with E-state index >= 15 is 0 Å². The summed E-state index contributed by atoms with van der Waals surface area (Å²) in [6.45, 7) is 8.66. The Morgan fingerprint density at radius 3 is 2.37 bits per heavy atom. The Labute approximate surface area is 180 Å². The molecule has 6 heteroatoms. The maximum Gasteiger partial charge on any atom is 0.225 e. The van der Waals surface area contributed by atoms with E-state index in [-0.39, 0.29) is 23.7 Å². The number of nitrogens with zero attached hydrogens (tertiary/aromatic N) is 3. The molecule has 2 aliphatic heterocycles. The number of nitrogens with one attached hydrogen (secondary N) is 1. The zero-order chi connectivity index (χ0) is 20.8. The van der Waals surface area contributed by atoms with Crippen LogP contribution < -0.4 is 5.32 Å². The SMILES string of the molecule is O=C(NCCCN1CCN(Cc2ccccc2)CC1)C1CCCN(C(=O)C2CC2)C1. The number of piperazine rings is 1. The first-order valence-electron chi connectivity index (χ1n) is 11.7. The second kappa shape index (κ2) is 10.4. The second-order valence-electron chi connectivity index (χ2n) is 9.15. The maximum absolute atomic E-state index is 12.6. The van der Waals surface area contributed by atoms with Gasteiger partial charge in [-0.1, -0.05) is 30.3 Å². The van der Waals surface area contributed by atoms with E-state index in [1.165, 1.54) is 5.56 Å². The van der Waals surface area contributed by atoms with Crippen molar-refractivity contribution in [3.05, 3.63) is 35.9 Å². The van der Waals surface area contributed by atoms with Gasteiger partial charge in [0.1, 0.15) is 0 Å². The quantitative estimate of drug-likeness (QED) is 0.663. The van der Waals surface area contributed by atoms with E-state index in [1.54, 1.807) is 0 Å². The molecule has 0 bridgehead atoms. The largest absolute Gasteiger partial charge is 0.356 e. The lowest BCUT2D eigenvalue weighted by Crippen LogP contribution is -2.47. The average molecular weight is 413 g/mol. The molecule has 1 saturated carbocycles. The Morgan fingerprint density at radius 2 is 1.63 bits per heavy atom. The molecular formula is C24H36N4O2. The van der Waals surface area contributed by atoms with Crippen molar-refractivity contribution >= 4 is 11.8 Å². The Kier molecular flexibility index (Phi) is 7.39. The van der Waals surface area contributed by atoms with Crippen molar-refractivity contribution in [2.45, 2.75) is 38.6 Å². The fourth-order valence-corrected chi connectivity index (χ4v) is 4.65. The Hall–Kier alpha value is -1.92. The normalized spacial score (nSPS) is 23.3. The highest BCUT2D eigenvalue weighted by molar-refractivity contribution is 5.83. The first-order chi connectivity index (χ1) is 14.7. The molecule has 4 rings (SSSR count). The number of rotatable bonds is 8. The number of likely N-dealkylation sites (tertiary alicyclic amines) is 1. The Balaban J connectivity index is 1.09. The van der Waals surface area contributed by atoms with Crippen molar-refractivity contribution in [2.75, 3.05) is 52.4 Å². The summed E-state index contributed by atoms with van der Waals surface area (Å²) < 4.78 is 0. The van der Waals surface area contributed by atoms with E-state index in [1.807, 2.05) is 4.90 Å². The van der Waals surface area contributed by atoms with Crippen LogP contribution in [0.2, 0.25) is 0 Å². The lowest BCUT2D eigenvalue weighted by atomic mass is 9.96. The van der Waals surface area contributed by atoms with Crippen LogP contribution in [0.3, 0.4) is 0 Å². The molecule has 6 nitrogen and oxygen atoms in total. The highest BCUT2D eigenvalue weighted by Gasteiger charge is 2.36. The van der Waals surface area contributed by atoms with Crippen molar-refractivity contribution < 1.29 is 9.59 Å². The number of hydrogen-bond acceptors (Lipinski definition) is 4. The molecule has 0 radical (unpaired) electrons. The topological polar surface area (TPSA) is 55.9 Å². The molecule has 1 aromatic rings. The number of carbonyl (C=O) groups is 2. The first kappa shape index (κ1) is 21.3. The van der Waals surface area contributed by atoms with Gasteiger partial charge in [-0.3, -0.25) is 14.5 Å². The summed E-state index contributed by atoms with van der Waals surface area (Å²) in [5.74, 6) is 0.637. The van der Waals surface area contributed by atoms with Gasteiger partial charge < -0.3 is 15.1 Å². The molecule has 2 amide bonds. The number of benzene rings is 1. The van der Waals surface area contributed by atoms with Crippen LogP contribution in [0.15, 0.2) is 30.3 Å². The molecule has 1 N–H and O–H groups in total. The lowest BCUT2D eigenvalue weighted by molar-refractivity contribution is -0.136. The van der Waals surface area contributed by atoms with Crippen LogP contribution in [-0.2, 0) is 16.1 Å². The minimum atomic E-state index is -0.0250. The van der Waals surface area contributed by atoms with E-state index in [0.29, 0.717) is 6.54 Å². The van der Waals surface area contributed by atoms with Crippen molar-refractivity contribution in [3.8, 4) is 0 Å². The molecule has 0 aromatic heterocycles. The Morgan fingerprint density at radius 1 is 0.900 bits per heavy atom. The second-order valence-corrected chi connectivity index (χ2v) is 9.15. The minimum absolute atomic E-state index is 0.0250. The summed E-state index contributed by atoms with van der Waals surface area (Å²) in [5.41, 5.74) is 1.38. The van der Waals surface area contributed by atoms with Gasteiger partial charge in [-0.15, -0.1) is 0 Å². The van der Waals surface area contributed by atoms with Gasteiger partial charge in [0.05, 0.1) is 5.92 Å². The lowest BCUT2D eigenvalue weighted by Gasteiger charge is -2.35. The van der Waals surface area contributed by atoms with Gasteiger partial charge in [-0.25, -0.2) is 0 Å². The van der Waals surface area contributed by atoms with Gasteiger partial charge in [0.15, 0.2) is 0 Å². The summed E-state index contributed by atoms with van der Waals surface area (Å²) in [6, 6.07) is 10.7. The van der Waals surface area contributed by atoms with Gasteiger partial charge in [-0.2, -0.15) is 0 Å². The number of carbonyl (C=O) groups excluding carboxylic acids is 2. The molecule has 3 fully saturated rings. The molecule has 0 spiro atoms. The van der Waals surface area contributed by atoms with Crippen LogP contribution >= 0.6 is 0 Å². The van der Waals surface area contributed by atoms with Crippen LogP contribution in [0.1, 0.15) is 37.7 Å². The highest BCUT2D eigenvalue weighted by Crippen LogP contribution is 2.32. The van der Waals surface area contributed by atoms with Crippen molar-refractivity contribution in [1.82, 2.24) is 20.0 Å². The average Bonchev–Trinajstić information content (AvgIpc) is 3.63. The van der Waals surface area contributed by atoms with Gasteiger partial charge in [0.25, 0.3) is 0 Å². The predicted octanol–water partition coefficient (Wildman–Crippen LogP) is 1.96. The third-order valence-corrected chi connectivity index (χ3v) is 6.69. The zero-order valence-corrected chi connectivity index (χ0v) is 18.1. The predicted molar refractivity (Wildman–Crippen MR) is 118 cm³/mol. The standard InChI is InChI=1S/C24H36N4O2/c29-23(22-8-4-13-28(19-22)24(30)21-9-10-21)25-11-5-12-26-14-16-27(17-15-26)18-20-6-2-1-3-7-20/h1-3,6-7,21-22H,4-5,8-19H2,(H,25,29). The number of hydrogen-bond donors (Lipinski definition) is 1. The monoisotopic (exact) mass is 412 g/mol. The molecule has 1 aliphatic carbocycles. The fraction of sp³-hybridized carbons (Fsp3) is 0.667. The maximum atomic E-state index is 12.6. The van der Waals surface area contributed by atoms with Gasteiger partial charge in [0.2, 0.25) is 11.8 Å². The third-order valence-electron chi connectivity index (χ3n) is 6.69. The summed E-state index contributed by atoms with van der Waals surface area (Å²) in [4.78, 5) is 31.8. The first-order valence-corrected chi connectivity index (χ1v) is 11.7. The molecule has 3 aliphatic rings. The molecule has 1 unspecified atom stereocenters. The van der Waals surface area contributed by atoms with Crippen molar-refractivity contribution in [2.24, 2.45) is 11.8 Å². The van der Waals surface area contributed by atoms with Crippen LogP contribution in [0.5, 0.6) is 0 Å². The van der Waals surface area contributed by atoms with Crippen molar-refractivity contribution in [3.63, 3.8) is 0 Å². The van der Waals surface area contributed by atoms with E-state index in [9.17, 15) is 9.59 Å². The third kappa shape index (κ3) is 6.05.